The van der Waals surface area contributed by atoms with E-state index in [2.05, 4.69) is 10.3 Å². The van der Waals surface area contributed by atoms with Crippen molar-refractivity contribution in [3.63, 3.8) is 0 Å². The van der Waals surface area contributed by atoms with Gasteiger partial charge in [0.1, 0.15) is 0 Å². The molecule has 4 aromatic rings. The molecule has 6 heteroatoms. The predicted molar refractivity (Wildman–Crippen MR) is 122 cm³/mol. The lowest BCUT2D eigenvalue weighted by atomic mass is 10.1. The molecule has 0 aliphatic heterocycles. The number of aromatic nitrogens is 1. The third-order valence-corrected chi connectivity index (χ3v) is 5.50. The number of carbonyl (C=O) groups is 1. The number of nitrogens with one attached hydrogen (secondary N) is 1. The zero-order chi connectivity index (χ0) is 20.9. The summed E-state index contributed by atoms with van der Waals surface area (Å²) in [6, 6.07) is 20.9. The summed E-state index contributed by atoms with van der Waals surface area (Å²) in [7, 11) is 3.17. The number of methoxy groups -OCH3 is 2. The van der Waals surface area contributed by atoms with E-state index in [1.807, 2.05) is 54.6 Å². The van der Waals surface area contributed by atoms with Crippen molar-refractivity contribution in [3.8, 4) is 11.5 Å². The fourth-order valence-electron chi connectivity index (χ4n) is 2.99. The maximum absolute atomic E-state index is 12.5. The highest BCUT2D eigenvalue weighted by Gasteiger charge is 2.06. The van der Waals surface area contributed by atoms with Gasteiger partial charge < -0.3 is 14.8 Å². The molecule has 0 aliphatic rings. The Kier molecular flexibility index (Phi) is 5.77. The highest BCUT2D eigenvalue weighted by Crippen LogP contribution is 2.29. The number of nitrogens with zero attached hydrogens (tertiary/aromatic N) is 1. The number of fused-ring (bicyclic) bond motifs is 1. The molecule has 30 heavy (non-hydrogen) atoms. The van der Waals surface area contributed by atoms with E-state index in [-0.39, 0.29) is 5.78 Å². The van der Waals surface area contributed by atoms with E-state index >= 15 is 0 Å². The molecule has 0 fully saturated rings. The molecule has 0 saturated carbocycles. The van der Waals surface area contributed by atoms with Crippen LogP contribution in [-0.2, 0) is 0 Å². The van der Waals surface area contributed by atoms with Gasteiger partial charge in [-0.3, -0.25) is 4.79 Å². The van der Waals surface area contributed by atoms with Gasteiger partial charge in [0.05, 0.1) is 24.4 Å². The van der Waals surface area contributed by atoms with Crippen LogP contribution in [0.15, 0.2) is 72.8 Å². The van der Waals surface area contributed by atoms with Gasteiger partial charge in [-0.25, -0.2) is 4.98 Å². The Morgan fingerprint density at radius 2 is 1.73 bits per heavy atom. The number of para-hydroxylation sites is 1. The van der Waals surface area contributed by atoms with Crippen LogP contribution in [0.3, 0.4) is 0 Å². The lowest BCUT2D eigenvalue weighted by Gasteiger charge is -2.07. The Labute approximate surface area is 178 Å². The summed E-state index contributed by atoms with van der Waals surface area (Å²) in [6.45, 7) is 0. The van der Waals surface area contributed by atoms with Gasteiger partial charge in [-0.05, 0) is 60.2 Å². The molecule has 5 nitrogen and oxygen atoms in total. The monoisotopic (exact) mass is 416 g/mol. The van der Waals surface area contributed by atoms with E-state index in [0.29, 0.717) is 17.1 Å². The Morgan fingerprint density at radius 1 is 0.967 bits per heavy atom. The maximum Gasteiger partial charge on any atom is 0.188 e. The number of ether oxygens (including phenoxy) is 2. The molecule has 1 N–H and O–H groups in total. The first-order chi connectivity index (χ1) is 14.7. The number of thiazole rings is 1. The van der Waals surface area contributed by atoms with E-state index in [4.69, 9.17) is 9.47 Å². The minimum atomic E-state index is -0.0729. The Bertz CT molecular complexity index is 1180. The smallest absolute Gasteiger partial charge is 0.188 e. The topological polar surface area (TPSA) is 60.5 Å². The van der Waals surface area contributed by atoms with Crippen LogP contribution in [0, 0.1) is 0 Å². The molecule has 1 heterocycles. The first-order valence-electron chi connectivity index (χ1n) is 9.33. The van der Waals surface area contributed by atoms with E-state index < -0.39 is 0 Å². The van der Waals surface area contributed by atoms with Gasteiger partial charge in [-0.2, -0.15) is 0 Å². The molecule has 0 bridgehead atoms. The second-order valence-electron chi connectivity index (χ2n) is 6.50. The minimum absolute atomic E-state index is 0.0729. The number of rotatable bonds is 7. The van der Waals surface area contributed by atoms with Crippen LogP contribution < -0.4 is 14.8 Å². The maximum atomic E-state index is 12.5. The molecule has 1 aromatic heterocycles. The minimum Gasteiger partial charge on any atom is -0.493 e. The zero-order valence-corrected chi connectivity index (χ0v) is 17.4. The average molecular weight is 417 g/mol. The van der Waals surface area contributed by atoms with Gasteiger partial charge in [0.25, 0.3) is 0 Å². The average Bonchev–Trinajstić information content (AvgIpc) is 3.20. The van der Waals surface area contributed by atoms with E-state index in [1.165, 1.54) is 0 Å². The van der Waals surface area contributed by atoms with Crippen molar-refractivity contribution in [1.82, 2.24) is 4.98 Å². The molecule has 0 radical (unpaired) electrons. The van der Waals surface area contributed by atoms with Crippen molar-refractivity contribution >= 4 is 44.2 Å². The Hall–Kier alpha value is -3.64. The van der Waals surface area contributed by atoms with Crippen LogP contribution in [0.1, 0.15) is 15.9 Å². The fraction of sp³-hybridized carbons (Fsp3) is 0.0833. The van der Waals surface area contributed by atoms with Crippen LogP contribution in [0.2, 0.25) is 0 Å². The first kappa shape index (κ1) is 19.7. The lowest BCUT2D eigenvalue weighted by molar-refractivity contribution is 0.104. The quantitative estimate of drug-likeness (QED) is 0.298. The van der Waals surface area contributed by atoms with Gasteiger partial charge in [-0.1, -0.05) is 35.6 Å². The van der Waals surface area contributed by atoms with Gasteiger partial charge in [0, 0.05) is 11.3 Å². The molecule has 150 valence electrons. The molecule has 0 saturated heterocycles. The number of allylic oxidation sites excluding steroid dienone is 1. The standard InChI is InChI=1S/C24H20N2O3S/c1-28-21-14-8-16(15-22(21)29-2)7-13-20(27)17-9-11-18(12-10-17)25-24-26-19-5-3-4-6-23(19)30-24/h3-15H,1-2H3,(H,25,26). The summed E-state index contributed by atoms with van der Waals surface area (Å²) in [5.41, 5.74) is 3.32. The van der Waals surface area contributed by atoms with Crippen molar-refractivity contribution in [2.75, 3.05) is 19.5 Å². The predicted octanol–water partition coefficient (Wildman–Crippen LogP) is 5.95. The van der Waals surface area contributed by atoms with Gasteiger partial charge >= 0.3 is 0 Å². The normalized spacial score (nSPS) is 11.0. The fourth-order valence-corrected chi connectivity index (χ4v) is 3.88. The SMILES string of the molecule is COc1ccc(C=CC(=O)c2ccc(Nc3nc4ccccc4s3)cc2)cc1OC. The summed E-state index contributed by atoms with van der Waals surface area (Å²) in [4.78, 5) is 17.1. The molecule has 0 unspecified atom stereocenters. The molecule has 0 spiro atoms. The summed E-state index contributed by atoms with van der Waals surface area (Å²) >= 11 is 1.59. The summed E-state index contributed by atoms with van der Waals surface area (Å²) in [5.74, 6) is 1.20. The third kappa shape index (κ3) is 4.34. The van der Waals surface area contributed by atoms with Gasteiger partial charge in [-0.15, -0.1) is 0 Å². The number of hydrogen-bond donors (Lipinski definition) is 1. The second kappa shape index (κ2) is 8.80. The third-order valence-electron chi connectivity index (χ3n) is 4.55. The van der Waals surface area contributed by atoms with Crippen molar-refractivity contribution in [1.29, 1.82) is 0 Å². The van der Waals surface area contributed by atoms with Crippen LogP contribution in [-0.4, -0.2) is 25.0 Å². The zero-order valence-electron chi connectivity index (χ0n) is 16.6. The van der Waals surface area contributed by atoms with E-state index in [1.54, 1.807) is 49.8 Å². The Morgan fingerprint density at radius 3 is 2.47 bits per heavy atom. The van der Waals surface area contributed by atoms with Crippen LogP contribution >= 0.6 is 11.3 Å². The lowest BCUT2D eigenvalue weighted by Crippen LogP contribution is -1.95. The van der Waals surface area contributed by atoms with Crippen LogP contribution in [0.4, 0.5) is 10.8 Å². The Balaban J connectivity index is 1.44. The number of hydrogen-bond acceptors (Lipinski definition) is 6. The van der Waals surface area contributed by atoms with Crippen molar-refractivity contribution < 1.29 is 14.3 Å². The highest BCUT2D eigenvalue weighted by atomic mass is 32.1. The largest absolute Gasteiger partial charge is 0.493 e. The summed E-state index contributed by atoms with van der Waals surface area (Å²) in [5, 5.41) is 4.12. The molecular formula is C24H20N2O3S. The first-order valence-corrected chi connectivity index (χ1v) is 10.1. The van der Waals surface area contributed by atoms with Crippen LogP contribution in [0.25, 0.3) is 16.3 Å². The van der Waals surface area contributed by atoms with Gasteiger partial charge in [0.15, 0.2) is 22.4 Å². The number of carbonyl (C=O) groups excluding carboxylic acids is 1. The van der Waals surface area contributed by atoms with E-state index in [0.717, 1.165) is 26.6 Å². The van der Waals surface area contributed by atoms with Crippen molar-refractivity contribution in [2.24, 2.45) is 0 Å². The highest BCUT2D eigenvalue weighted by molar-refractivity contribution is 7.22. The summed E-state index contributed by atoms with van der Waals surface area (Å²) < 4.78 is 11.7. The summed E-state index contributed by atoms with van der Waals surface area (Å²) in [6.07, 6.45) is 3.31. The molecular weight excluding hydrogens is 396 g/mol. The number of anilines is 2. The van der Waals surface area contributed by atoms with Gasteiger partial charge in [0.2, 0.25) is 0 Å². The van der Waals surface area contributed by atoms with E-state index in [9.17, 15) is 4.79 Å². The molecule has 0 aliphatic carbocycles. The molecule has 3 aromatic carbocycles. The second-order valence-corrected chi connectivity index (χ2v) is 7.53. The number of ketones is 1. The van der Waals surface area contributed by atoms with Crippen LogP contribution in [0.5, 0.6) is 11.5 Å². The number of benzene rings is 3. The molecule has 0 amide bonds. The molecule has 4 rings (SSSR count). The van der Waals surface area contributed by atoms with Crippen molar-refractivity contribution in [2.45, 2.75) is 0 Å². The van der Waals surface area contributed by atoms with Crippen molar-refractivity contribution in [3.05, 3.63) is 83.9 Å². The molecule has 0 atom stereocenters.